The lowest BCUT2D eigenvalue weighted by Crippen LogP contribution is -2.27. The molecule has 1 aliphatic heterocycles. The molecule has 0 aliphatic carbocycles. The van der Waals surface area contributed by atoms with E-state index < -0.39 is 0 Å². The van der Waals surface area contributed by atoms with E-state index in [1.165, 1.54) is 24.1 Å². The molecule has 16 heavy (non-hydrogen) atoms. The van der Waals surface area contributed by atoms with Crippen LogP contribution in [0.2, 0.25) is 0 Å². The van der Waals surface area contributed by atoms with Gasteiger partial charge in [0.1, 0.15) is 0 Å². The zero-order valence-corrected chi connectivity index (χ0v) is 10.5. The van der Waals surface area contributed by atoms with Crippen molar-refractivity contribution in [1.29, 1.82) is 0 Å². The van der Waals surface area contributed by atoms with E-state index >= 15 is 0 Å². The van der Waals surface area contributed by atoms with Crippen LogP contribution in [0.25, 0.3) is 0 Å². The lowest BCUT2D eigenvalue weighted by Gasteiger charge is -2.26. The largest absolute Gasteiger partial charge is 0.319 e. The number of nitrogens with zero attached hydrogens (tertiary/aromatic N) is 1. The maximum absolute atomic E-state index is 3.32. The minimum atomic E-state index is 0.591. The van der Waals surface area contributed by atoms with Gasteiger partial charge in [-0.25, -0.2) is 0 Å². The first-order valence-electron chi connectivity index (χ1n) is 6.14. The lowest BCUT2D eigenvalue weighted by atomic mass is 9.91. The molecule has 0 saturated carbocycles. The molecule has 0 aromatic heterocycles. The number of aryl methyl sites for hydroxylation is 1. The van der Waals surface area contributed by atoms with Crippen LogP contribution in [0.4, 0.5) is 0 Å². The van der Waals surface area contributed by atoms with Gasteiger partial charge in [-0.05, 0) is 57.6 Å². The fourth-order valence-corrected chi connectivity index (χ4v) is 2.91. The van der Waals surface area contributed by atoms with Crippen LogP contribution >= 0.6 is 0 Å². The summed E-state index contributed by atoms with van der Waals surface area (Å²) >= 11 is 0. The van der Waals surface area contributed by atoms with Crippen molar-refractivity contribution in [3.63, 3.8) is 0 Å². The molecule has 0 bridgehead atoms. The molecule has 2 heteroatoms. The van der Waals surface area contributed by atoms with Crippen molar-refractivity contribution in [2.24, 2.45) is 5.92 Å². The van der Waals surface area contributed by atoms with Gasteiger partial charge < -0.3 is 5.32 Å². The van der Waals surface area contributed by atoms with Crippen molar-refractivity contribution in [3.8, 4) is 0 Å². The third-order valence-electron chi connectivity index (χ3n) is 3.75. The summed E-state index contributed by atoms with van der Waals surface area (Å²) in [5.41, 5.74) is 2.92. The molecule has 0 radical (unpaired) electrons. The molecule has 1 fully saturated rings. The van der Waals surface area contributed by atoms with Gasteiger partial charge in [0.2, 0.25) is 0 Å². The zero-order valence-electron chi connectivity index (χ0n) is 10.5. The Balaban J connectivity index is 2.26. The maximum Gasteiger partial charge on any atom is 0.0388 e. The fraction of sp³-hybridized carbons (Fsp3) is 0.571. The Kier molecular flexibility index (Phi) is 3.62. The molecule has 1 aliphatic rings. The van der Waals surface area contributed by atoms with Crippen molar-refractivity contribution in [1.82, 2.24) is 10.2 Å². The number of hydrogen-bond donors (Lipinski definition) is 1. The van der Waals surface area contributed by atoms with Gasteiger partial charge in [-0.3, -0.25) is 4.90 Å². The molecule has 1 aromatic carbocycles. The molecular formula is C14H22N2. The Morgan fingerprint density at radius 1 is 1.38 bits per heavy atom. The normalized spacial score (nSPS) is 26.2. The summed E-state index contributed by atoms with van der Waals surface area (Å²) in [6.07, 6.45) is 1.30. The Labute approximate surface area is 98.7 Å². The van der Waals surface area contributed by atoms with Crippen molar-refractivity contribution in [2.45, 2.75) is 19.4 Å². The smallest absolute Gasteiger partial charge is 0.0388 e. The zero-order chi connectivity index (χ0) is 11.5. The van der Waals surface area contributed by atoms with Crippen molar-refractivity contribution in [2.75, 3.05) is 27.2 Å². The summed E-state index contributed by atoms with van der Waals surface area (Å²) in [6, 6.07) is 9.38. The van der Waals surface area contributed by atoms with Gasteiger partial charge >= 0.3 is 0 Å². The Morgan fingerprint density at radius 2 is 2.12 bits per heavy atom. The summed E-state index contributed by atoms with van der Waals surface area (Å²) in [5.74, 6) is 0.746. The molecule has 2 atom stereocenters. The van der Waals surface area contributed by atoms with E-state index in [2.05, 4.69) is 48.5 Å². The highest BCUT2D eigenvalue weighted by Gasteiger charge is 2.32. The predicted molar refractivity (Wildman–Crippen MR) is 68.6 cm³/mol. The van der Waals surface area contributed by atoms with Gasteiger partial charge in [0, 0.05) is 6.04 Å². The first-order valence-corrected chi connectivity index (χ1v) is 6.14. The summed E-state index contributed by atoms with van der Waals surface area (Å²) in [7, 11) is 4.29. The average molecular weight is 218 g/mol. The molecule has 0 amide bonds. The predicted octanol–water partition coefficient (Wildman–Crippen LogP) is 2.21. The van der Waals surface area contributed by atoms with Crippen molar-refractivity contribution >= 4 is 0 Å². The third-order valence-corrected chi connectivity index (χ3v) is 3.75. The number of benzene rings is 1. The first-order chi connectivity index (χ1) is 7.74. The van der Waals surface area contributed by atoms with E-state index in [0.29, 0.717) is 6.04 Å². The summed E-state index contributed by atoms with van der Waals surface area (Å²) in [5, 5.41) is 3.32. The molecule has 88 valence electrons. The Hall–Kier alpha value is -0.860. The van der Waals surface area contributed by atoms with Crippen LogP contribution in [0.15, 0.2) is 24.3 Å². The van der Waals surface area contributed by atoms with Crippen molar-refractivity contribution in [3.05, 3.63) is 35.4 Å². The standard InChI is InChI=1S/C14H22N2/c1-11-6-4-5-7-13(11)14-12(10-15-2)8-9-16(14)3/h4-7,12,14-15H,8-10H2,1-3H3. The van der Waals surface area contributed by atoms with Crippen molar-refractivity contribution < 1.29 is 0 Å². The van der Waals surface area contributed by atoms with E-state index in [1.54, 1.807) is 0 Å². The quantitative estimate of drug-likeness (QED) is 0.837. The number of likely N-dealkylation sites (tertiary alicyclic amines) is 1. The minimum Gasteiger partial charge on any atom is -0.319 e. The molecule has 1 N–H and O–H groups in total. The van der Waals surface area contributed by atoms with Gasteiger partial charge in [0.15, 0.2) is 0 Å². The average Bonchev–Trinajstić information content (AvgIpc) is 2.62. The van der Waals surface area contributed by atoms with E-state index in [4.69, 9.17) is 0 Å². The van der Waals surface area contributed by atoms with Crippen LogP contribution < -0.4 is 5.32 Å². The maximum atomic E-state index is 3.32. The van der Waals surface area contributed by atoms with E-state index in [1.807, 2.05) is 7.05 Å². The van der Waals surface area contributed by atoms with Gasteiger partial charge in [0.05, 0.1) is 0 Å². The van der Waals surface area contributed by atoms with Crippen LogP contribution in [-0.2, 0) is 0 Å². The van der Waals surface area contributed by atoms with Crippen LogP contribution in [-0.4, -0.2) is 32.1 Å². The SMILES string of the molecule is CNCC1CCN(C)C1c1ccccc1C. The van der Waals surface area contributed by atoms with Gasteiger partial charge in [-0.1, -0.05) is 24.3 Å². The van der Waals surface area contributed by atoms with E-state index in [9.17, 15) is 0 Å². The molecule has 1 heterocycles. The highest BCUT2D eigenvalue weighted by atomic mass is 15.2. The van der Waals surface area contributed by atoms with Crippen LogP contribution in [0.3, 0.4) is 0 Å². The third kappa shape index (κ3) is 2.13. The molecule has 1 aromatic rings. The van der Waals surface area contributed by atoms with Gasteiger partial charge in [-0.15, -0.1) is 0 Å². The van der Waals surface area contributed by atoms with Gasteiger partial charge in [0.25, 0.3) is 0 Å². The van der Waals surface area contributed by atoms with Crippen LogP contribution in [0.1, 0.15) is 23.6 Å². The van der Waals surface area contributed by atoms with Crippen LogP contribution in [0, 0.1) is 12.8 Å². The molecule has 2 unspecified atom stereocenters. The molecule has 2 rings (SSSR count). The Morgan fingerprint density at radius 3 is 2.81 bits per heavy atom. The summed E-state index contributed by atoms with van der Waals surface area (Å²) < 4.78 is 0. The lowest BCUT2D eigenvalue weighted by molar-refractivity contribution is 0.273. The second-order valence-electron chi connectivity index (χ2n) is 4.89. The minimum absolute atomic E-state index is 0.591. The molecule has 1 saturated heterocycles. The van der Waals surface area contributed by atoms with Crippen LogP contribution in [0.5, 0.6) is 0 Å². The number of rotatable bonds is 3. The number of hydrogen-bond acceptors (Lipinski definition) is 2. The monoisotopic (exact) mass is 218 g/mol. The molecule has 2 nitrogen and oxygen atoms in total. The topological polar surface area (TPSA) is 15.3 Å². The number of nitrogens with one attached hydrogen (secondary N) is 1. The summed E-state index contributed by atoms with van der Waals surface area (Å²) in [6.45, 7) is 4.55. The second kappa shape index (κ2) is 4.98. The van der Waals surface area contributed by atoms with E-state index in [0.717, 1.165) is 12.5 Å². The first kappa shape index (κ1) is 11.6. The van der Waals surface area contributed by atoms with Gasteiger partial charge in [-0.2, -0.15) is 0 Å². The Bertz CT molecular complexity index is 346. The highest BCUT2D eigenvalue weighted by Crippen LogP contribution is 2.36. The fourth-order valence-electron chi connectivity index (χ4n) is 2.91. The molecular weight excluding hydrogens is 196 g/mol. The molecule has 0 spiro atoms. The summed E-state index contributed by atoms with van der Waals surface area (Å²) in [4.78, 5) is 2.49. The van der Waals surface area contributed by atoms with E-state index in [-0.39, 0.29) is 0 Å². The second-order valence-corrected chi connectivity index (χ2v) is 4.89. The highest BCUT2D eigenvalue weighted by molar-refractivity contribution is 5.30.